The molecule has 10 aromatic rings. The predicted octanol–water partition coefficient (Wildman–Crippen LogP) is 13.2. The molecule has 0 N–H and O–H groups in total. The maximum Gasteiger partial charge on any atom is 0.136 e. The van der Waals surface area contributed by atoms with E-state index in [-0.39, 0.29) is 62.1 Å². The molecule has 1 aliphatic heterocycles. The first-order valence-corrected chi connectivity index (χ1v) is 15.5. The molecular weight excluding hydrogens is 569 g/mol. The quantitative estimate of drug-likeness (QED) is 0.179. The summed E-state index contributed by atoms with van der Waals surface area (Å²) in [6, 6.07) is 30.8. The van der Waals surface area contributed by atoms with Gasteiger partial charge in [-0.1, -0.05) is 139 Å². The van der Waals surface area contributed by atoms with Crippen LogP contribution in [-0.2, 0) is 0 Å². The van der Waals surface area contributed by atoms with Crippen molar-refractivity contribution in [1.29, 1.82) is 0 Å². The van der Waals surface area contributed by atoms with Crippen molar-refractivity contribution in [2.45, 2.75) is 0 Å². The van der Waals surface area contributed by atoms with Crippen LogP contribution in [0.3, 0.4) is 0 Å². The van der Waals surface area contributed by atoms with E-state index in [1.165, 1.54) is 0 Å². The minimum atomic E-state index is -0.496. The van der Waals surface area contributed by atoms with E-state index in [0.717, 1.165) is 60.3 Å². The lowest BCUT2D eigenvalue weighted by atomic mass is 9.84. The van der Waals surface area contributed by atoms with Crippen molar-refractivity contribution in [3.05, 3.63) is 158 Å². The molecule has 216 valence electrons. The maximum atomic E-state index is 9.55. The Balaban J connectivity index is 1.27. The molecule has 1 heterocycles. The van der Waals surface area contributed by atoms with Gasteiger partial charge in [-0.15, -0.1) is 0 Å². The van der Waals surface area contributed by atoms with Crippen LogP contribution in [0.4, 0.5) is 0 Å². The second-order valence-electron chi connectivity index (χ2n) is 12.1. The molecule has 1 aliphatic rings. The molecule has 0 aromatic heterocycles. The number of benzene rings is 10. The third kappa shape index (κ3) is 3.43. The molecule has 0 saturated carbocycles. The predicted molar refractivity (Wildman–Crippen MR) is 199 cm³/mol. The van der Waals surface area contributed by atoms with Gasteiger partial charge in [0.1, 0.15) is 11.5 Å². The first-order chi connectivity index (χ1) is 27.1. The molecule has 11 rings (SSSR count). The van der Waals surface area contributed by atoms with Crippen LogP contribution in [0.1, 0.15) is 12.3 Å². The third-order valence-electron chi connectivity index (χ3n) is 9.64. The standard InChI is InChI=1S/C46H26O/c1-4-12-34-27(7-1)17-22-38(35-21-18-30-16-15-28-9-5-10-29-19-23-39(35)45(30)43(28)29)44(34)32-20-24-41-40(25-32)37-14-6-13-36-33-11-3-2-8-31(33)26-42(47-41)46(36)37/h1-26H/i5D,9D,10D,15D,16D,18D,19D,21D,23D. The highest BCUT2D eigenvalue weighted by Crippen LogP contribution is 2.51. The first-order valence-electron chi connectivity index (χ1n) is 20.0. The van der Waals surface area contributed by atoms with E-state index in [1.807, 2.05) is 60.7 Å². The van der Waals surface area contributed by atoms with Crippen molar-refractivity contribution in [3.63, 3.8) is 0 Å². The Hall–Kier alpha value is -6.18. The van der Waals surface area contributed by atoms with Crippen molar-refractivity contribution < 1.29 is 17.1 Å². The highest BCUT2D eigenvalue weighted by atomic mass is 16.5. The fraction of sp³-hybridized carbons (Fsp3) is 0. The van der Waals surface area contributed by atoms with Gasteiger partial charge in [-0.2, -0.15) is 0 Å². The Morgan fingerprint density at radius 1 is 0.383 bits per heavy atom. The van der Waals surface area contributed by atoms with E-state index in [2.05, 4.69) is 42.5 Å². The van der Waals surface area contributed by atoms with Gasteiger partial charge < -0.3 is 4.74 Å². The zero-order chi connectivity index (χ0) is 38.5. The van der Waals surface area contributed by atoms with Gasteiger partial charge in [0, 0.05) is 10.9 Å². The minimum Gasteiger partial charge on any atom is -0.456 e. The molecular formula is C46H26O. The van der Waals surface area contributed by atoms with E-state index in [0.29, 0.717) is 11.3 Å². The van der Waals surface area contributed by atoms with Gasteiger partial charge >= 0.3 is 0 Å². The Morgan fingerprint density at radius 3 is 2.02 bits per heavy atom. The fourth-order valence-corrected chi connectivity index (χ4v) is 7.59. The maximum absolute atomic E-state index is 9.55. The second-order valence-corrected chi connectivity index (χ2v) is 12.1. The SMILES string of the molecule is [2H]c1c([2H])c2c([2H])c([2H])c3c([2H])c([2H])c(-c4ccc5ccccc5c4-c4ccc5c(c4)-c4cccc6c4c(cc4ccccc46)O5)c4c([2H])c([2H])c(c1[2H])c2c34. The van der Waals surface area contributed by atoms with Gasteiger partial charge in [0.25, 0.3) is 0 Å². The summed E-state index contributed by atoms with van der Waals surface area (Å²) >= 11 is 0. The van der Waals surface area contributed by atoms with Crippen molar-refractivity contribution in [2.75, 3.05) is 0 Å². The highest BCUT2D eigenvalue weighted by Gasteiger charge is 2.23. The Labute approximate surface area is 283 Å². The molecule has 0 fully saturated rings. The number of ether oxygens (including phenoxy) is 1. The molecule has 0 spiro atoms. The molecule has 10 aromatic carbocycles. The van der Waals surface area contributed by atoms with Gasteiger partial charge in [-0.05, 0) is 105 Å². The summed E-state index contributed by atoms with van der Waals surface area (Å²) in [6.07, 6.45) is 0. The Bertz CT molecular complexity index is 3420. The molecule has 0 radical (unpaired) electrons. The van der Waals surface area contributed by atoms with Crippen molar-refractivity contribution in [2.24, 2.45) is 0 Å². The van der Waals surface area contributed by atoms with E-state index in [4.69, 9.17) is 11.6 Å². The normalized spacial score (nSPS) is 15.1. The average molecular weight is 604 g/mol. The minimum absolute atomic E-state index is 0.0474. The lowest BCUT2D eigenvalue weighted by Gasteiger charge is -2.24. The highest BCUT2D eigenvalue weighted by molar-refractivity contribution is 6.26. The summed E-state index contributed by atoms with van der Waals surface area (Å²) in [5, 5.41) is 6.33. The van der Waals surface area contributed by atoms with Gasteiger partial charge in [0.05, 0.1) is 12.3 Å². The van der Waals surface area contributed by atoms with E-state index in [9.17, 15) is 5.48 Å². The molecule has 0 saturated heterocycles. The topological polar surface area (TPSA) is 9.23 Å². The van der Waals surface area contributed by atoms with Gasteiger partial charge in [-0.3, -0.25) is 0 Å². The molecule has 0 bridgehead atoms. The van der Waals surface area contributed by atoms with Crippen LogP contribution in [-0.4, -0.2) is 0 Å². The fourth-order valence-electron chi connectivity index (χ4n) is 7.59. The summed E-state index contributed by atoms with van der Waals surface area (Å²) in [7, 11) is 0. The summed E-state index contributed by atoms with van der Waals surface area (Å²) in [6.45, 7) is 0. The Kier molecular flexibility index (Phi) is 3.54. The summed E-state index contributed by atoms with van der Waals surface area (Å²) in [5.41, 5.74) is 4.17. The molecule has 0 aliphatic carbocycles. The van der Waals surface area contributed by atoms with Crippen LogP contribution in [0.2, 0.25) is 0 Å². The molecule has 47 heavy (non-hydrogen) atoms. The van der Waals surface area contributed by atoms with E-state index >= 15 is 0 Å². The molecule has 1 heteroatoms. The number of rotatable bonds is 2. The third-order valence-corrected chi connectivity index (χ3v) is 9.64. The molecule has 0 unspecified atom stereocenters. The second kappa shape index (κ2) is 9.19. The number of hydrogen-bond donors (Lipinski definition) is 0. The molecule has 0 atom stereocenters. The van der Waals surface area contributed by atoms with Gasteiger partial charge in [-0.25, -0.2) is 0 Å². The van der Waals surface area contributed by atoms with Crippen LogP contribution >= 0.6 is 0 Å². The molecule has 0 amide bonds. The smallest absolute Gasteiger partial charge is 0.136 e. The van der Waals surface area contributed by atoms with E-state index < -0.39 is 30.2 Å². The van der Waals surface area contributed by atoms with Crippen LogP contribution in [0.5, 0.6) is 11.5 Å². The lowest BCUT2D eigenvalue weighted by molar-refractivity contribution is 0.488. The lowest BCUT2D eigenvalue weighted by Crippen LogP contribution is -1.98. The van der Waals surface area contributed by atoms with Crippen molar-refractivity contribution in [3.8, 4) is 44.9 Å². The van der Waals surface area contributed by atoms with E-state index in [1.54, 1.807) is 0 Å². The molecule has 1 nitrogen and oxygen atoms in total. The zero-order valence-corrected chi connectivity index (χ0v) is 24.7. The largest absolute Gasteiger partial charge is 0.456 e. The average Bonchev–Trinajstić information content (AvgIpc) is 3.21. The van der Waals surface area contributed by atoms with Crippen LogP contribution < -0.4 is 4.74 Å². The summed E-state index contributed by atoms with van der Waals surface area (Å²) in [4.78, 5) is 0. The Morgan fingerprint density at radius 2 is 1.13 bits per heavy atom. The van der Waals surface area contributed by atoms with Crippen LogP contribution in [0.25, 0.3) is 98.0 Å². The number of hydrogen-bond acceptors (Lipinski definition) is 1. The van der Waals surface area contributed by atoms with Crippen LogP contribution in [0, 0.1) is 0 Å². The first kappa shape index (κ1) is 18.1. The van der Waals surface area contributed by atoms with Crippen molar-refractivity contribution in [1.82, 2.24) is 0 Å². The number of fused-ring (bicyclic) bond motifs is 5. The zero-order valence-electron chi connectivity index (χ0n) is 33.7. The van der Waals surface area contributed by atoms with Crippen LogP contribution in [0.15, 0.2) is 158 Å². The van der Waals surface area contributed by atoms with Crippen molar-refractivity contribution >= 4 is 64.6 Å². The summed E-state index contributed by atoms with van der Waals surface area (Å²) < 4.78 is 88.1. The van der Waals surface area contributed by atoms with Gasteiger partial charge in [0.15, 0.2) is 0 Å². The van der Waals surface area contributed by atoms with Gasteiger partial charge in [0.2, 0.25) is 0 Å². The monoisotopic (exact) mass is 603 g/mol. The summed E-state index contributed by atoms with van der Waals surface area (Å²) in [5.74, 6) is 1.47.